The molecule has 2 N–H and O–H groups in total. The summed E-state index contributed by atoms with van der Waals surface area (Å²) in [7, 11) is 0. The van der Waals surface area contributed by atoms with Gasteiger partial charge in [-0.2, -0.15) is 5.26 Å². The Hall–Kier alpha value is -1.03. The van der Waals surface area contributed by atoms with Gasteiger partial charge < -0.3 is 5.11 Å². The molecule has 0 heterocycles. The molecule has 2 saturated carbocycles. The quantitative estimate of drug-likeness (QED) is 0.307. The molecule has 3 atom stereocenters. The van der Waals surface area contributed by atoms with E-state index < -0.39 is 5.97 Å². The third kappa shape index (κ3) is 1.39. The van der Waals surface area contributed by atoms with Gasteiger partial charge in [-0.25, -0.2) is 4.79 Å². The molecule has 4 heteroatoms. The number of carbonyl (C=O) groups is 1. The predicted molar refractivity (Wildman–Crippen MR) is 48.4 cm³/mol. The van der Waals surface area contributed by atoms with Crippen LogP contribution in [0.4, 0.5) is 0 Å². The molecule has 0 aromatic rings. The molecule has 0 aliphatic heterocycles. The number of fused-ring (bicyclic) bond motifs is 2. The van der Waals surface area contributed by atoms with E-state index in [9.17, 15) is 4.79 Å². The van der Waals surface area contributed by atoms with Crippen LogP contribution in [0.1, 0.15) is 25.7 Å². The van der Waals surface area contributed by atoms with Crippen LogP contribution in [-0.2, 0) is 9.68 Å². The van der Waals surface area contributed by atoms with Crippen LogP contribution >= 0.6 is 0 Å². The first kappa shape index (κ1) is 9.52. The van der Waals surface area contributed by atoms with Crippen molar-refractivity contribution >= 4 is 5.97 Å². The van der Waals surface area contributed by atoms with Gasteiger partial charge in [0.25, 0.3) is 0 Å². The average molecular weight is 198 g/mol. The zero-order valence-electron chi connectivity index (χ0n) is 7.85. The summed E-state index contributed by atoms with van der Waals surface area (Å²) in [6, 6.07) is 0. The molecular weight excluding hydrogens is 184 g/mol. The van der Waals surface area contributed by atoms with Crippen molar-refractivity contribution in [2.45, 2.75) is 25.7 Å². The van der Waals surface area contributed by atoms with E-state index in [4.69, 9.17) is 10.4 Å². The third-order valence-corrected chi connectivity index (χ3v) is 3.60. The zero-order valence-corrected chi connectivity index (χ0v) is 7.85. The lowest BCUT2D eigenvalue weighted by Crippen LogP contribution is -2.20. The third-order valence-electron chi connectivity index (χ3n) is 3.60. The van der Waals surface area contributed by atoms with Gasteiger partial charge in [-0.05, 0) is 37.0 Å². The Labute approximate surface area is 82.1 Å². The van der Waals surface area contributed by atoms with Gasteiger partial charge in [0.1, 0.15) is 0 Å². The van der Waals surface area contributed by atoms with Crippen molar-refractivity contribution in [3.05, 3.63) is 11.8 Å². The van der Waals surface area contributed by atoms with Crippen molar-refractivity contribution in [2.24, 2.45) is 17.8 Å². The maximum absolute atomic E-state index is 11.1. The molecule has 78 valence electrons. The number of carbonyl (C=O) groups excluding carboxylic acids is 1. The van der Waals surface area contributed by atoms with Crippen LogP contribution in [0.5, 0.6) is 0 Å². The van der Waals surface area contributed by atoms with E-state index in [1.54, 1.807) is 0 Å². The minimum atomic E-state index is -0.815. The highest BCUT2D eigenvalue weighted by molar-refractivity contribution is 5.88. The molecule has 0 aromatic heterocycles. The number of aliphatic hydroxyl groups excluding tert-OH is 1. The van der Waals surface area contributed by atoms with E-state index in [2.05, 4.69) is 4.89 Å². The molecule has 2 bridgehead atoms. The highest BCUT2D eigenvalue weighted by atomic mass is 17.1. The highest BCUT2D eigenvalue weighted by Crippen LogP contribution is 2.50. The van der Waals surface area contributed by atoms with E-state index in [1.165, 1.54) is 6.42 Å². The smallest absolute Gasteiger partial charge is 0.372 e. The summed E-state index contributed by atoms with van der Waals surface area (Å²) >= 11 is 0. The van der Waals surface area contributed by atoms with Gasteiger partial charge >= 0.3 is 5.97 Å². The molecule has 0 aromatic carbocycles. The first-order valence-electron chi connectivity index (χ1n) is 4.96. The van der Waals surface area contributed by atoms with Crippen molar-refractivity contribution in [3.63, 3.8) is 0 Å². The summed E-state index contributed by atoms with van der Waals surface area (Å²) in [5.74, 6) is 0.437. The van der Waals surface area contributed by atoms with Crippen LogP contribution in [0.3, 0.4) is 0 Å². The van der Waals surface area contributed by atoms with Gasteiger partial charge in [-0.3, -0.25) is 4.89 Å². The van der Waals surface area contributed by atoms with Crippen molar-refractivity contribution < 1.29 is 20.0 Å². The Morgan fingerprint density at radius 1 is 1.36 bits per heavy atom. The molecule has 2 rings (SSSR count). The van der Waals surface area contributed by atoms with Gasteiger partial charge in [0.2, 0.25) is 0 Å². The molecule has 14 heavy (non-hydrogen) atoms. The standard InChI is InChI=1S/C10H14O4/c11-5-9(10(12)14-13)8-4-6-1-2-7(8)3-6/h5-8,11,13H,1-4H2. The van der Waals surface area contributed by atoms with Crippen LogP contribution in [0.15, 0.2) is 11.8 Å². The first-order valence-corrected chi connectivity index (χ1v) is 4.96. The van der Waals surface area contributed by atoms with Crippen LogP contribution in [0, 0.1) is 17.8 Å². The van der Waals surface area contributed by atoms with E-state index in [0.717, 1.165) is 25.5 Å². The molecule has 0 saturated heterocycles. The molecule has 2 aliphatic carbocycles. The first-order chi connectivity index (χ1) is 6.76. The van der Waals surface area contributed by atoms with E-state index >= 15 is 0 Å². The Kier molecular flexibility index (Phi) is 2.46. The minimum absolute atomic E-state index is 0.0819. The van der Waals surface area contributed by atoms with Crippen LogP contribution in [-0.4, -0.2) is 16.3 Å². The summed E-state index contributed by atoms with van der Waals surface area (Å²) in [6.45, 7) is 0. The van der Waals surface area contributed by atoms with Crippen molar-refractivity contribution in [2.75, 3.05) is 0 Å². The van der Waals surface area contributed by atoms with Gasteiger partial charge in [0.15, 0.2) is 0 Å². The molecule has 0 spiro atoms. The second kappa shape index (κ2) is 3.61. The van der Waals surface area contributed by atoms with Crippen LogP contribution in [0.2, 0.25) is 0 Å². The summed E-state index contributed by atoms with van der Waals surface area (Å²) in [5, 5.41) is 17.2. The largest absolute Gasteiger partial charge is 0.515 e. The lowest BCUT2D eigenvalue weighted by Gasteiger charge is -2.21. The summed E-state index contributed by atoms with van der Waals surface area (Å²) in [5.41, 5.74) is 0.222. The van der Waals surface area contributed by atoms with Gasteiger partial charge in [0.05, 0.1) is 11.8 Å². The minimum Gasteiger partial charge on any atom is -0.515 e. The maximum atomic E-state index is 11.1. The molecule has 0 amide bonds. The van der Waals surface area contributed by atoms with Gasteiger partial charge in [0, 0.05) is 0 Å². The summed E-state index contributed by atoms with van der Waals surface area (Å²) < 4.78 is 0. The number of hydrogen-bond acceptors (Lipinski definition) is 4. The second-order valence-electron chi connectivity index (χ2n) is 4.24. The molecule has 2 fully saturated rings. The normalized spacial score (nSPS) is 36.1. The summed E-state index contributed by atoms with van der Waals surface area (Å²) in [6.07, 6.45) is 5.20. The number of rotatable bonds is 2. The fraction of sp³-hybridized carbons (Fsp3) is 0.700. The average Bonchev–Trinajstić information content (AvgIpc) is 2.80. The maximum Gasteiger partial charge on any atom is 0.372 e. The number of hydrogen-bond donors (Lipinski definition) is 2. The zero-order chi connectivity index (χ0) is 10.1. The topological polar surface area (TPSA) is 66.8 Å². The number of aliphatic hydroxyl groups is 1. The van der Waals surface area contributed by atoms with Gasteiger partial charge in [-0.15, -0.1) is 0 Å². The van der Waals surface area contributed by atoms with Gasteiger partial charge in [-0.1, -0.05) is 6.42 Å². The fourth-order valence-corrected chi connectivity index (χ4v) is 2.98. The van der Waals surface area contributed by atoms with Crippen LogP contribution < -0.4 is 0 Å². The Morgan fingerprint density at radius 3 is 2.57 bits per heavy atom. The van der Waals surface area contributed by atoms with E-state index in [1.807, 2.05) is 0 Å². The SMILES string of the molecule is O=C(OO)C(=CO)C1CC2CCC1C2. The molecule has 3 unspecified atom stereocenters. The molecule has 0 radical (unpaired) electrons. The molecule has 2 aliphatic rings. The molecular formula is C10H14O4. The fourth-order valence-electron chi connectivity index (χ4n) is 2.98. The molecule has 4 nitrogen and oxygen atoms in total. The van der Waals surface area contributed by atoms with Crippen molar-refractivity contribution in [1.82, 2.24) is 0 Å². The Bertz CT molecular complexity index is 271. The monoisotopic (exact) mass is 198 g/mol. The lowest BCUT2D eigenvalue weighted by atomic mass is 9.83. The lowest BCUT2D eigenvalue weighted by molar-refractivity contribution is -0.230. The van der Waals surface area contributed by atoms with Crippen LogP contribution in [0.25, 0.3) is 0 Å². The van der Waals surface area contributed by atoms with E-state index in [-0.39, 0.29) is 11.5 Å². The Balaban J connectivity index is 2.11. The predicted octanol–water partition coefficient (Wildman–Crippen LogP) is 1.88. The van der Waals surface area contributed by atoms with Crippen molar-refractivity contribution in [3.8, 4) is 0 Å². The van der Waals surface area contributed by atoms with E-state index in [0.29, 0.717) is 11.8 Å². The Morgan fingerprint density at radius 2 is 2.14 bits per heavy atom. The second-order valence-corrected chi connectivity index (χ2v) is 4.24. The highest BCUT2D eigenvalue weighted by Gasteiger charge is 2.43. The van der Waals surface area contributed by atoms with Crippen molar-refractivity contribution in [1.29, 1.82) is 0 Å². The summed E-state index contributed by atoms with van der Waals surface area (Å²) in [4.78, 5) is 14.8.